The molecule has 0 aliphatic rings. The molecule has 0 bridgehead atoms. The zero-order valence-corrected chi connectivity index (χ0v) is 11.3. The summed E-state index contributed by atoms with van der Waals surface area (Å²) in [5, 5.41) is 16.9. The third-order valence-corrected chi connectivity index (χ3v) is 3.44. The van der Waals surface area contributed by atoms with E-state index >= 15 is 0 Å². The Morgan fingerprint density at radius 1 is 1.33 bits per heavy atom. The molecule has 98 valence electrons. The quantitative estimate of drug-likeness (QED) is 0.823. The molecule has 0 aromatic heterocycles. The SMILES string of the molecule is CC(C)(C#N)NCCc1ccc(S(N)(=O)=O)cc1. The minimum atomic E-state index is -3.63. The van der Waals surface area contributed by atoms with E-state index in [9.17, 15) is 8.42 Å². The van der Waals surface area contributed by atoms with Gasteiger partial charge in [-0.3, -0.25) is 5.32 Å². The van der Waals surface area contributed by atoms with Crippen LogP contribution in [0, 0.1) is 11.3 Å². The number of benzene rings is 1. The molecule has 1 rings (SSSR count). The topological polar surface area (TPSA) is 96.0 Å². The van der Waals surface area contributed by atoms with Gasteiger partial charge in [0.05, 0.1) is 11.0 Å². The Labute approximate surface area is 108 Å². The number of nitrogens with one attached hydrogen (secondary N) is 1. The van der Waals surface area contributed by atoms with Crippen molar-refractivity contribution >= 4 is 10.0 Å². The molecule has 0 heterocycles. The lowest BCUT2D eigenvalue weighted by Crippen LogP contribution is -2.38. The molecule has 0 amide bonds. The number of rotatable bonds is 5. The van der Waals surface area contributed by atoms with Crippen molar-refractivity contribution in [2.45, 2.75) is 30.7 Å². The fourth-order valence-electron chi connectivity index (χ4n) is 1.40. The second kappa shape index (κ2) is 5.48. The fourth-order valence-corrected chi connectivity index (χ4v) is 1.92. The van der Waals surface area contributed by atoms with Crippen molar-refractivity contribution in [2.24, 2.45) is 5.14 Å². The van der Waals surface area contributed by atoms with Crippen LogP contribution in [-0.4, -0.2) is 20.5 Å². The van der Waals surface area contributed by atoms with Crippen molar-refractivity contribution in [3.63, 3.8) is 0 Å². The Balaban J connectivity index is 2.59. The lowest BCUT2D eigenvalue weighted by molar-refractivity contribution is 0.490. The first-order valence-electron chi connectivity index (χ1n) is 5.53. The summed E-state index contributed by atoms with van der Waals surface area (Å²) >= 11 is 0. The molecule has 5 nitrogen and oxygen atoms in total. The highest BCUT2D eigenvalue weighted by Crippen LogP contribution is 2.09. The van der Waals surface area contributed by atoms with Crippen LogP contribution in [0.4, 0.5) is 0 Å². The van der Waals surface area contributed by atoms with Crippen LogP contribution >= 0.6 is 0 Å². The van der Waals surface area contributed by atoms with E-state index < -0.39 is 15.6 Å². The Bertz CT molecular complexity index is 542. The first kappa shape index (κ1) is 14.6. The molecule has 0 atom stereocenters. The smallest absolute Gasteiger partial charge is 0.238 e. The largest absolute Gasteiger partial charge is 0.300 e. The maximum Gasteiger partial charge on any atom is 0.238 e. The molecule has 1 aromatic rings. The number of hydrogen-bond acceptors (Lipinski definition) is 4. The van der Waals surface area contributed by atoms with Gasteiger partial charge in [-0.05, 0) is 38.0 Å². The minimum Gasteiger partial charge on any atom is -0.300 e. The molecule has 3 N–H and O–H groups in total. The molecule has 0 aliphatic heterocycles. The van der Waals surface area contributed by atoms with Gasteiger partial charge in [0.1, 0.15) is 5.54 Å². The molecule has 0 saturated carbocycles. The van der Waals surface area contributed by atoms with Crippen LogP contribution in [0.2, 0.25) is 0 Å². The zero-order chi connectivity index (χ0) is 13.8. The summed E-state index contributed by atoms with van der Waals surface area (Å²) in [4.78, 5) is 0.108. The van der Waals surface area contributed by atoms with Gasteiger partial charge in [-0.15, -0.1) is 0 Å². The van der Waals surface area contributed by atoms with Crippen molar-refractivity contribution in [3.8, 4) is 6.07 Å². The Morgan fingerprint density at radius 2 is 1.89 bits per heavy atom. The summed E-state index contributed by atoms with van der Waals surface area (Å²) in [7, 11) is -3.63. The van der Waals surface area contributed by atoms with E-state index in [4.69, 9.17) is 10.4 Å². The molecule has 6 heteroatoms. The molecule has 0 radical (unpaired) electrons. The number of sulfonamides is 1. The highest BCUT2D eigenvalue weighted by molar-refractivity contribution is 7.89. The van der Waals surface area contributed by atoms with Crippen molar-refractivity contribution in [1.82, 2.24) is 5.32 Å². The third kappa shape index (κ3) is 4.45. The molecule has 0 spiro atoms. The van der Waals surface area contributed by atoms with Crippen molar-refractivity contribution in [1.29, 1.82) is 5.26 Å². The van der Waals surface area contributed by atoms with Gasteiger partial charge in [-0.2, -0.15) is 5.26 Å². The highest BCUT2D eigenvalue weighted by atomic mass is 32.2. The van der Waals surface area contributed by atoms with Gasteiger partial charge in [0.25, 0.3) is 0 Å². The second-order valence-corrected chi connectivity index (χ2v) is 6.16. The Hall–Kier alpha value is -1.42. The number of nitrogens with zero attached hydrogens (tertiary/aromatic N) is 1. The summed E-state index contributed by atoms with van der Waals surface area (Å²) in [6, 6.07) is 8.57. The zero-order valence-electron chi connectivity index (χ0n) is 10.5. The summed E-state index contributed by atoms with van der Waals surface area (Å²) in [6.07, 6.45) is 0.718. The van der Waals surface area contributed by atoms with E-state index in [1.54, 1.807) is 26.0 Å². The van der Waals surface area contributed by atoms with E-state index in [2.05, 4.69) is 11.4 Å². The predicted molar refractivity (Wildman–Crippen MR) is 69.2 cm³/mol. The summed E-state index contributed by atoms with van der Waals surface area (Å²) in [6.45, 7) is 4.25. The second-order valence-electron chi connectivity index (χ2n) is 4.60. The van der Waals surface area contributed by atoms with E-state index in [1.165, 1.54) is 12.1 Å². The first-order valence-corrected chi connectivity index (χ1v) is 7.07. The summed E-state index contributed by atoms with van der Waals surface area (Å²) in [5.41, 5.74) is 0.434. The number of nitrogens with two attached hydrogens (primary N) is 1. The molecule has 0 saturated heterocycles. The van der Waals surface area contributed by atoms with Gasteiger partial charge >= 0.3 is 0 Å². The van der Waals surface area contributed by atoms with E-state index in [-0.39, 0.29) is 4.90 Å². The minimum absolute atomic E-state index is 0.108. The van der Waals surface area contributed by atoms with Gasteiger partial charge in [0.15, 0.2) is 0 Å². The standard InChI is InChI=1S/C12H17N3O2S/c1-12(2,9-13)15-8-7-10-3-5-11(6-4-10)18(14,16)17/h3-6,15H,7-8H2,1-2H3,(H2,14,16,17). The molecular formula is C12H17N3O2S. The predicted octanol–water partition coefficient (Wildman–Crippen LogP) is 0.768. The Kier molecular flexibility index (Phi) is 4.46. The van der Waals surface area contributed by atoms with Gasteiger partial charge in [-0.25, -0.2) is 13.6 Å². The maximum absolute atomic E-state index is 11.1. The fraction of sp³-hybridized carbons (Fsp3) is 0.417. The van der Waals surface area contributed by atoms with E-state index in [1.807, 2.05) is 0 Å². The van der Waals surface area contributed by atoms with Crippen molar-refractivity contribution < 1.29 is 8.42 Å². The van der Waals surface area contributed by atoms with Gasteiger partial charge in [0.2, 0.25) is 10.0 Å². The van der Waals surface area contributed by atoms with Crippen LogP contribution in [0.15, 0.2) is 29.2 Å². The monoisotopic (exact) mass is 267 g/mol. The van der Waals surface area contributed by atoms with Crippen LogP contribution in [0.3, 0.4) is 0 Å². The lowest BCUT2D eigenvalue weighted by Gasteiger charge is -2.17. The van der Waals surface area contributed by atoms with Gasteiger partial charge in [-0.1, -0.05) is 12.1 Å². The summed E-state index contributed by atoms with van der Waals surface area (Å²) < 4.78 is 22.1. The molecule has 18 heavy (non-hydrogen) atoms. The molecule has 0 fully saturated rings. The van der Waals surface area contributed by atoms with Crippen LogP contribution in [0.25, 0.3) is 0 Å². The van der Waals surface area contributed by atoms with Crippen LogP contribution in [0.5, 0.6) is 0 Å². The molecular weight excluding hydrogens is 250 g/mol. The summed E-state index contributed by atoms with van der Waals surface area (Å²) in [5.74, 6) is 0. The van der Waals surface area contributed by atoms with Crippen LogP contribution in [-0.2, 0) is 16.4 Å². The number of primary sulfonamides is 1. The molecule has 0 unspecified atom stereocenters. The average molecular weight is 267 g/mol. The normalized spacial score (nSPS) is 12.1. The molecule has 0 aliphatic carbocycles. The van der Waals surface area contributed by atoms with Crippen LogP contribution in [0.1, 0.15) is 19.4 Å². The first-order chi connectivity index (χ1) is 8.24. The number of nitriles is 1. The molecule has 1 aromatic carbocycles. The lowest BCUT2D eigenvalue weighted by atomic mass is 10.1. The van der Waals surface area contributed by atoms with E-state index in [0.29, 0.717) is 6.54 Å². The highest BCUT2D eigenvalue weighted by Gasteiger charge is 2.14. The third-order valence-electron chi connectivity index (χ3n) is 2.51. The Morgan fingerprint density at radius 3 is 2.33 bits per heavy atom. The number of hydrogen-bond donors (Lipinski definition) is 2. The average Bonchev–Trinajstić information content (AvgIpc) is 2.28. The van der Waals surface area contributed by atoms with Gasteiger partial charge in [0, 0.05) is 6.54 Å². The van der Waals surface area contributed by atoms with Crippen molar-refractivity contribution in [2.75, 3.05) is 6.54 Å². The van der Waals surface area contributed by atoms with Crippen molar-refractivity contribution in [3.05, 3.63) is 29.8 Å². The van der Waals surface area contributed by atoms with Gasteiger partial charge < -0.3 is 0 Å². The van der Waals surface area contributed by atoms with E-state index in [0.717, 1.165) is 12.0 Å². The van der Waals surface area contributed by atoms with Crippen LogP contribution < -0.4 is 10.5 Å². The maximum atomic E-state index is 11.1.